The summed E-state index contributed by atoms with van der Waals surface area (Å²) in [5.41, 5.74) is 8.34. The lowest BCUT2D eigenvalue weighted by atomic mass is 9.80. The Balaban J connectivity index is 1.45. The summed E-state index contributed by atoms with van der Waals surface area (Å²) in [4.78, 5) is 1.44. The second kappa shape index (κ2) is 5.80. The van der Waals surface area contributed by atoms with Gasteiger partial charge in [-0.05, 0) is 49.0 Å². The van der Waals surface area contributed by atoms with E-state index in [4.69, 9.17) is 10.5 Å². The Hall–Kier alpha value is -0.160. The molecular formula is C17H23NOS2. The highest BCUT2D eigenvalue weighted by Crippen LogP contribution is 2.45. The summed E-state index contributed by atoms with van der Waals surface area (Å²) in [5.74, 6) is 3.06. The zero-order valence-corrected chi connectivity index (χ0v) is 13.9. The molecule has 21 heavy (non-hydrogen) atoms. The van der Waals surface area contributed by atoms with Crippen molar-refractivity contribution >= 4 is 23.5 Å². The predicted octanol–water partition coefficient (Wildman–Crippen LogP) is 3.33. The molecule has 114 valence electrons. The van der Waals surface area contributed by atoms with E-state index in [1.807, 2.05) is 23.5 Å². The van der Waals surface area contributed by atoms with E-state index in [9.17, 15) is 0 Å². The first-order valence-corrected chi connectivity index (χ1v) is 10.0. The first-order chi connectivity index (χ1) is 10.3. The average Bonchev–Trinajstić information content (AvgIpc) is 3.13. The standard InChI is InChI=1S/C17H23NOS2/c18-16(15-9-12-3-1-2-4-14(12)21-15)13-5-7-19-17(10-13)6-8-20-11-17/h1-4,13,15-16H,5-11,18H2. The maximum absolute atomic E-state index is 6.70. The van der Waals surface area contributed by atoms with Gasteiger partial charge in [0.2, 0.25) is 0 Å². The van der Waals surface area contributed by atoms with Crippen LogP contribution in [0.1, 0.15) is 24.8 Å². The minimum atomic E-state index is 0.154. The third-order valence-corrected chi connectivity index (χ3v) is 7.90. The van der Waals surface area contributed by atoms with Gasteiger partial charge < -0.3 is 10.5 Å². The van der Waals surface area contributed by atoms with Crippen LogP contribution in [0.15, 0.2) is 29.2 Å². The number of benzene rings is 1. The molecule has 4 rings (SSSR count). The summed E-state index contributed by atoms with van der Waals surface area (Å²) >= 11 is 4.04. The van der Waals surface area contributed by atoms with E-state index in [-0.39, 0.29) is 5.60 Å². The number of hydrogen-bond donors (Lipinski definition) is 1. The van der Waals surface area contributed by atoms with Crippen LogP contribution in [-0.4, -0.2) is 35.0 Å². The van der Waals surface area contributed by atoms with Gasteiger partial charge in [-0.1, -0.05) is 18.2 Å². The molecule has 4 atom stereocenters. The van der Waals surface area contributed by atoms with Gasteiger partial charge in [-0.25, -0.2) is 0 Å². The largest absolute Gasteiger partial charge is 0.374 e. The maximum atomic E-state index is 6.70. The Labute approximate surface area is 135 Å². The molecule has 1 spiro atoms. The average molecular weight is 322 g/mol. The molecule has 0 aliphatic carbocycles. The van der Waals surface area contributed by atoms with Gasteiger partial charge in [0.15, 0.2) is 0 Å². The topological polar surface area (TPSA) is 35.2 Å². The van der Waals surface area contributed by atoms with Crippen LogP contribution in [0, 0.1) is 5.92 Å². The molecule has 3 heterocycles. The summed E-state index contributed by atoms with van der Waals surface area (Å²) in [6.45, 7) is 0.906. The van der Waals surface area contributed by atoms with Crippen LogP contribution < -0.4 is 5.73 Å². The number of nitrogens with two attached hydrogens (primary N) is 1. The molecule has 0 aromatic heterocycles. The molecular weight excluding hydrogens is 298 g/mol. The van der Waals surface area contributed by atoms with Crippen molar-refractivity contribution in [3.05, 3.63) is 29.8 Å². The lowest BCUT2D eigenvalue weighted by Gasteiger charge is -2.41. The fourth-order valence-electron chi connectivity index (χ4n) is 3.98. The molecule has 2 nitrogen and oxygen atoms in total. The molecule has 0 saturated carbocycles. The lowest BCUT2D eigenvalue weighted by Crippen LogP contribution is -2.48. The lowest BCUT2D eigenvalue weighted by molar-refractivity contribution is -0.0831. The molecule has 0 amide bonds. The molecule has 4 unspecified atom stereocenters. The molecule has 2 saturated heterocycles. The third kappa shape index (κ3) is 2.76. The fraction of sp³-hybridized carbons (Fsp3) is 0.647. The van der Waals surface area contributed by atoms with Gasteiger partial charge in [0.1, 0.15) is 0 Å². The van der Waals surface area contributed by atoms with Gasteiger partial charge in [-0.2, -0.15) is 11.8 Å². The third-order valence-electron chi connectivity index (χ3n) is 5.24. The number of hydrogen-bond acceptors (Lipinski definition) is 4. The predicted molar refractivity (Wildman–Crippen MR) is 91.1 cm³/mol. The Morgan fingerprint density at radius 1 is 1.33 bits per heavy atom. The van der Waals surface area contributed by atoms with E-state index in [0.717, 1.165) is 19.4 Å². The van der Waals surface area contributed by atoms with Crippen molar-refractivity contribution in [3.63, 3.8) is 0 Å². The van der Waals surface area contributed by atoms with E-state index < -0.39 is 0 Å². The molecule has 3 aliphatic rings. The monoisotopic (exact) mass is 321 g/mol. The van der Waals surface area contributed by atoms with Gasteiger partial charge in [0.05, 0.1) is 5.60 Å². The number of thioether (sulfide) groups is 2. The molecule has 0 bridgehead atoms. The van der Waals surface area contributed by atoms with Crippen molar-refractivity contribution in [3.8, 4) is 0 Å². The van der Waals surface area contributed by atoms with E-state index in [0.29, 0.717) is 17.2 Å². The minimum Gasteiger partial charge on any atom is -0.374 e. The first-order valence-electron chi connectivity index (χ1n) is 7.98. The van der Waals surface area contributed by atoms with Crippen molar-refractivity contribution in [2.75, 3.05) is 18.1 Å². The number of ether oxygens (including phenoxy) is 1. The molecule has 1 aromatic rings. The van der Waals surface area contributed by atoms with Crippen LogP contribution in [-0.2, 0) is 11.2 Å². The summed E-state index contributed by atoms with van der Waals surface area (Å²) < 4.78 is 6.15. The summed E-state index contributed by atoms with van der Waals surface area (Å²) in [6, 6.07) is 9.08. The summed E-state index contributed by atoms with van der Waals surface area (Å²) in [7, 11) is 0. The smallest absolute Gasteiger partial charge is 0.0783 e. The normalized spacial score (nSPS) is 36.8. The van der Waals surface area contributed by atoms with Gasteiger partial charge in [-0.15, -0.1) is 11.8 Å². The van der Waals surface area contributed by atoms with Crippen LogP contribution in [0.2, 0.25) is 0 Å². The Kier molecular flexibility index (Phi) is 3.99. The number of rotatable bonds is 2. The van der Waals surface area contributed by atoms with Crippen molar-refractivity contribution in [2.45, 2.75) is 47.5 Å². The SMILES string of the molecule is NC(C1CCOC2(CCSC2)C1)C1Cc2ccccc2S1. The van der Waals surface area contributed by atoms with Crippen LogP contribution >= 0.6 is 23.5 Å². The Morgan fingerprint density at radius 3 is 3.05 bits per heavy atom. The second-order valence-corrected chi connectivity index (χ2v) is 9.02. The Morgan fingerprint density at radius 2 is 2.24 bits per heavy atom. The quantitative estimate of drug-likeness (QED) is 0.906. The Bertz CT molecular complexity index is 490. The van der Waals surface area contributed by atoms with Gasteiger partial charge >= 0.3 is 0 Å². The van der Waals surface area contributed by atoms with Crippen LogP contribution in [0.3, 0.4) is 0 Å². The highest BCUT2D eigenvalue weighted by molar-refractivity contribution is 8.00. The molecule has 4 heteroatoms. The summed E-state index contributed by atoms with van der Waals surface area (Å²) in [5, 5.41) is 0.552. The fourth-order valence-corrected chi connectivity index (χ4v) is 6.79. The minimum absolute atomic E-state index is 0.154. The van der Waals surface area contributed by atoms with Gasteiger partial charge in [0, 0.05) is 28.5 Å². The van der Waals surface area contributed by atoms with Gasteiger partial charge in [0.25, 0.3) is 0 Å². The second-order valence-electron chi connectivity index (χ2n) is 6.63. The van der Waals surface area contributed by atoms with E-state index in [1.165, 1.54) is 34.8 Å². The molecule has 0 radical (unpaired) electrons. The number of fused-ring (bicyclic) bond motifs is 1. The maximum Gasteiger partial charge on any atom is 0.0783 e. The van der Waals surface area contributed by atoms with Crippen molar-refractivity contribution in [2.24, 2.45) is 11.7 Å². The van der Waals surface area contributed by atoms with Crippen molar-refractivity contribution in [1.29, 1.82) is 0 Å². The first kappa shape index (κ1) is 14.4. The van der Waals surface area contributed by atoms with E-state index >= 15 is 0 Å². The van der Waals surface area contributed by atoms with Crippen molar-refractivity contribution < 1.29 is 4.74 Å². The molecule has 2 N–H and O–H groups in total. The highest BCUT2D eigenvalue weighted by Gasteiger charge is 2.43. The molecule has 2 fully saturated rings. The van der Waals surface area contributed by atoms with E-state index in [1.54, 1.807) is 0 Å². The summed E-state index contributed by atoms with van der Waals surface area (Å²) in [6.07, 6.45) is 4.68. The van der Waals surface area contributed by atoms with E-state index in [2.05, 4.69) is 24.3 Å². The van der Waals surface area contributed by atoms with Crippen LogP contribution in [0.25, 0.3) is 0 Å². The van der Waals surface area contributed by atoms with Crippen LogP contribution in [0.5, 0.6) is 0 Å². The zero-order valence-electron chi connectivity index (χ0n) is 12.3. The molecule has 3 aliphatic heterocycles. The zero-order chi connectivity index (χ0) is 14.3. The highest BCUT2D eigenvalue weighted by atomic mass is 32.2. The van der Waals surface area contributed by atoms with Gasteiger partial charge in [-0.3, -0.25) is 0 Å². The van der Waals surface area contributed by atoms with Crippen LogP contribution in [0.4, 0.5) is 0 Å². The van der Waals surface area contributed by atoms with Crippen molar-refractivity contribution in [1.82, 2.24) is 0 Å². The molecule has 1 aromatic carbocycles.